The predicted molar refractivity (Wildman–Crippen MR) is 79.0 cm³/mol. The number of benzene rings is 2. The Bertz CT molecular complexity index is 484. The summed E-state index contributed by atoms with van der Waals surface area (Å²) in [5.74, 6) is 0. The van der Waals surface area contributed by atoms with Crippen molar-refractivity contribution in [1.82, 2.24) is 0 Å². The monoisotopic (exact) mass is 240 g/mol. The van der Waals surface area contributed by atoms with Crippen molar-refractivity contribution in [3.05, 3.63) is 54.1 Å². The Kier molecular flexibility index (Phi) is 4.00. The Morgan fingerprint density at radius 1 is 0.833 bits per heavy atom. The molecule has 0 aliphatic rings. The summed E-state index contributed by atoms with van der Waals surface area (Å²) in [6.07, 6.45) is 0.944. The third kappa shape index (κ3) is 2.90. The highest BCUT2D eigenvalue weighted by molar-refractivity contribution is 5.66. The molecule has 0 radical (unpaired) electrons. The largest absolute Gasteiger partial charge is 0.378 e. The first-order chi connectivity index (χ1) is 8.70. The van der Waals surface area contributed by atoms with Crippen LogP contribution in [0.2, 0.25) is 0 Å². The van der Waals surface area contributed by atoms with Crippen molar-refractivity contribution in [1.29, 1.82) is 0 Å². The van der Waals surface area contributed by atoms with Gasteiger partial charge in [0.2, 0.25) is 0 Å². The summed E-state index contributed by atoms with van der Waals surface area (Å²) in [4.78, 5) is 2.11. The molecule has 0 unspecified atom stereocenters. The van der Waals surface area contributed by atoms with Crippen LogP contribution < -0.4 is 10.6 Å². The van der Waals surface area contributed by atoms with E-state index in [-0.39, 0.29) is 0 Å². The van der Waals surface area contributed by atoms with E-state index < -0.39 is 0 Å². The van der Waals surface area contributed by atoms with Crippen molar-refractivity contribution in [3.8, 4) is 11.1 Å². The van der Waals surface area contributed by atoms with E-state index in [9.17, 15) is 0 Å². The number of hydrogen-bond acceptors (Lipinski definition) is 2. The van der Waals surface area contributed by atoms with Gasteiger partial charge in [0, 0.05) is 19.8 Å². The average Bonchev–Trinajstić information content (AvgIpc) is 2.40. The first-order valence-corrected chi connectivity index (χ1v) is 6.27. The fraction of sp³-hybridized carbons (Fsp3) is 0.250. The lowest BCUT2D eigenvalue weighted by Gasteiger charge is -2.12. The first kappa shape index (κ1) is 12.7. The lowest BCUT2D eigenvalue weighted by atomic mass is 10.0. The van der Waals surface area contributed by atoms with Crippen molar-refractivity contribution in [2.24, 2.45) is 5.73 Å². The molecule has 2 aromatic rings. The van der Waals surface area contributed by atoms with E-state index in [1.54, 1.807) is 0 Å². The molecule has 0 heterocycles. The van der Waals surface area contributed by atoms with Crippen LogP contribution in [0, 0.1) is 0 Å². The maximum atomic E-state index is 5.55. The lowest BCUT2D eigenvalue weighted by molar-refractivity contribution is 0.969. The molecular formula is C16H20N2. The van der Waals surface area contributed by atoms with E-state index in [1.807, 2.05) is 0 Å². The minimum absolute atomic E-state index is 0.705. The van der Waals surface area contributed by atoms with Gasteiger partial charge >= 0.3 is 0 Å². The van der Waals surface area contributed by atoms with E-state index >= 15 is 0 Å². The zero-order valence-electron chi connectivity index (χ0n) is 11.1. The zero-order chi connectivity index (χ0) is 13.0. The van der Waals surface area contributed by atoms with Gasteiger partial charge in [0.25, 0.3) is 0 Å². The van der Waals surface area contributed by atoms with Crippen LogP contribution in [0.4, 0.5) is 5.69 Å². The molecule has 0 saturated heterocycles. The Labute approximate surface area is 109 Å². The van der Waals surface area contributed by atoms with Gasteiger partial charge in [0.05, 0.1) is 0 Å². The van der Waals surface area contributed by atoms with E-state index in [0.717, 1.165) is 6.42 Å². The first-order valence-electron chi connectivity index (χ1n) is 6.27. The SMILES string of the molecule is CN(C)c1ccc(-c2ccc(CCN)cc2)cc1. The number of hydrogen-bond donors (Lipinski definition) is 1. The van der Waals surface area contributed by atoms with Gasteiger partial charge in [-0.2, -0.15) is 0 Å². The zero-order valence-corrected chi connectivity index (χ0v) is 11.1. The molecule has 2 heteroatoms. The third-order valence-electron chi connectivity index (χ3n) is 3.10. The molecule has 94 valence electrons. The summed E-state index contributed by atoms with van der Waals surface area (Å²) >= 11 is 0. The quantitative estimate of drug-likeness (QED) is 0.890. The predicted octanol–water partition coefficient (Wildman–Crippen LogP) is 2.92. The molecule has 0 amide bonds. The number of anilines is 1. The molecular weight excluding hydrogens is 220 g/mol. The van der Waals surface area contributed by atoms with Gasteiger partial charge in [-0.3, -0.25) is 0 Å². The van der Waals surface area contributed by atoms with Crippen LogP contribution in [0.15, 0.2) is 48.5 Å². The van der Waals surface area contributed by atoms with E-state index in [1.165, 1.54) is 22.4 Å². The van der Waals surface area contributed by atoms with Crippen molar-refractivity contribution in [3.63, 3.8) is 0 Å². The smallest absolute Gasteiger partial charge is 0.0361 e. The Balaban J connectivity index is 2.20. The van der Waals surface area contributed by atoms with E-state index in [0.29, 0.717) is 6.54 Å². The summed E-state index contributed by atoms with van der Waals surface area (Å²) < 4.78 is 0. The summed E-state index contributed by atoms with van der Waals surface area (Å²) in [6, 6.07) is 17.2. The highest BCUT2D eigenvalue weighted by Crippen LogP contribution is 2.22. The van der Waals surface area contributed by atoms with Gasteiger partial charge < -0.3 is 10.6 Å². The molecule has 2 N–H and O–H groups in total. The van der Waals surface area contributed by atoms with Gasteiger partial charge in [0.1, 0.15) is 0 Å². The molecule has 18 heavy (non-hydrogen) atoms. The van der Waals surface area contributed by atoms with Gasteiger partial charge in [-0.1, -0.05) is 36.4 Å². The molecule has 2 nitrogen and oxygen atoms in total. The van der Waals surface area contributed by atoms with Crippen molar-refractivity contribution in [2.75, 3.05) is 25.5 Å². The highest BCUT2D eigenvalue weighted by atomic mass is 15.1. The Morgan fingerprint density at radius 3 is 1.78 bits per heavy atom. The van der Waals surface area contributed by atoms with Crippen molar-refractivity contribution >= 4 is 5.69 Å². The maximum Gasteiger partial charge on any atom is 0.0361 e. The molecule has 0 bridgehead atoms. The Morgan fingerprint density at radius 2 is 1.33 bits per heavy atom. The highest BCUT2D eigenvalue weighted by Gasteiger charge is 1.99. The second-order valence-electron chi connectivity index (χ2n) is 4.68. The van der Waals surface area contributed by atoms with Crippen LogP contribution in [-0.2, 0) is 6.42 Å². The number of rotatable bonds is 4. The van der Waals surface area contributed by atoms with Crippen molar-refractivity contribution in [2.45, 2.75) is 6.42 Å². The minimum atomic E-state index is 0.705. The van der Waals surface area contributed by atoms with E-state index in [4.69, 9.17) is 5.73 Å². The van der Waals surface area contributed by atoms with Gasteiger partial charge in [-0.05, 0) is 41.8 Å². The summed E-state index contributed by atoms with van der Waals surface area (Å²) in [5, 5.41) is 0. The number of nitrogens with two attached hydrogens (primary N) is 1. The normalized spacial score (nSPS) is 10.4. The molecule has 0 saturated carbocycles. The lowest BCUT2D eigenvalue weighted by Crippen LogP contribution is -2.07. The summed E-state index contributed by atoms with van der Waals surface area (Å²) in [7, 11) is 4.10. The maximum absolute atomic E-state index is 5.55. The molecule has 0 aromatic heterocycles. The molecule has 0 aliphatic carbocycles. The van der Waals surface area contributed by atoms with Crippen LogP contribution in [0.3, 0.4) is 0 Å². The van der Waals surface area contributed by atoms with Gasteiger partial charge in [-0.25, -0.2) is 0 Å². The second kappa shape index (κ2) is 5.69. The topological polar surface area (TPSA) is 29.3 Å². The molecule has 0 spiro atoms. The van der Waals surface area contributed by atoms with Crippen LogP contribution in [0.25, 0.3) is 11.1 Å². The summed E-state index contributed by atoms with van der Waals surface area (Å²) in [6.45, 7) is 0.705. The van der Waals surface area contributed by atoms with Crippen LogP contribution in [0.5, 0.6) is 0 Å². The molecule has 0 atom stereocenters. The van der Waals surface area contributed by atoms with Crippen LogP contribution in [0.1, 0.15) is 5.56 Å². The van der Waals surface area contributed by atoms with Crippen LogP contribution in [-0.4, -0.2) is 20.6 Å². The fourth-order valence-corrected chi connectivity index (χ4v) is 1.98. The summed E-state index contributed by atoms with van der Waals surface area (Å²) in [5.41, 5.74) is 10.6. The average molecular weight is 240 g/mol. The van der Waals surface area contributed by atoms with E-state index in [2.05, 4.69) is 67.5 Å². The number of nitrogens with zero attached hydrogens (tertiary/aromatic N) is 1. The standard InChI is InChI=1S/C16H20N2/c1-18(2)16-9-7-15(8-10-16)14-5-3-13(4-6-14)11-12-17/h3-10H,11-12,17H2,1-2H3. The van der Waals surface area contributed by atoms with Gasteiger partial charge in [-0.15, -0.1) is 0 Å². The molecule has 2 aromatic carbocycles. The fourth-order valence-electron chi connectivity index (χ4n) is 1.98. The molecule has 0 aliphatic heterocycles. The third-order valence-corrected chi connectivity index (χ3v) is 3.10. The van der Waals surface area contributed by atoms with Gasteiger partial charge in [0.15, 0.2) is 0 Å². The molecule has 0 fully saturated rings. The van der Waals surface area contributed by atoms with Crippen molar-refractivity contribution < 1.29 is 0 Å². The minimum Gasteiger partial charge on any atom is -0.378 e. The second-order valence-corrected chi connectivity index (χ2v) is 4.68. The van der Waals surface area contributed by atoms with Crippen LogP contribution >= 0.6 is 0 Å². The Hall–Kier alpha value is -1.80. The molecule has 2 rings (SSSR count).